The van der Waals surface area contributed by atoms with Crippen LogP contribution in [0.3, 0.4) is 0 Å². The maximum absolute atomic E-state index is 12.4. The Balaban J connectivity index is 1.99. The summed E-state index contributed by atoms with van der Waals surface area (Å²) in [6, 6.07) is 12.9. The van der Waals surface area contributed by atoms with Crippen LogP contribution < -0.4 is 14.4 Å². The van der Waals surface area contributed by atoms with Crippen molar-refractivity contribution in [1.82, 2.24) is 5.32 Å². The summed E-state index contributed by atoms with van der Waals surface area (Å²) >= 11 is 0. The number of ether oxygens (including phenoxy) is 1. The van der Waals surface area contributed by atoms with Crippen LogP contribution in [0.1, 0.15) is 38.3 Å². The maximum atomic E-state index is 12.4. The molecule has 2 aromatic rings. The summed E-state index contributed by atoms with van der Waals surface area (Å²) < 4.78 is 54.6. The van der Waals surface area contributed by atoms with Crippen molar-refractivity contribution in [3.8, 4) is 5.75 Å². The monoisotopic (exact) mass is 482 g/mol. The number of carbonyl (C=O) groups is 1. The highest BCUT2D eigenvalue weighted by molar-refractivity contribution is 7.92. The molecule has 0 heterocycles. The second-order valence-corrected chi connectivity index (χ2v) is 11.4. The van der Waals surface area contributed by atoms with E-state index in [1.165, 1.54) is 16.4 Å². The zero-order valence-corrected chi connectivity index (χ0v) is 20.4. The van der Waals surface area contributed by atoms with E-state index >= 15 is 0 Å². The molecular formula is C22H30N2O6S2. The smallest absolute Gasteiger partial charge is 0.232 e. The molecule has 0 saturated carbocycles. The van der Waals surface area contributed by atoms with Crippen LogP contribution in [-0.2, 0) is 24.7 Å². The Morgan fingerprint density at radius 3 is 2.22 bits per heavy atom. The summed E-state index contributed by atoms with van der Waals surface area (Å²) in [5, 5.41) is 2.86. The number of amides is 1. The van der Waals surface area contributed by atoms with Crippen LogP contribution in [0.5, 0.6) is 5.75 Å². The van der Waals surface area contributed by atoms with Crippen molar-refractivity contribution < 1.29 is 26.4 Å². The van der Waals surface area contributed by atoms with Crippen molar-refractivity contribution >= 4 is 31.5 Å². The summed E-state index contributed by atoms with van der Waals surface area (Å²) in [7, 11) is -6.85. The van der Waals surface area contributed by atoms with Crippen molar-refractivity contribution in [2.45, 2.75) is 37.6 Å². The van der Waals surface area contributed by atoms with Crippen LogP contribution in [0.15, 0.2) is 53.4 Å². The molecule has 10 heteroatoms. The van der Waals surface area contributed by atoms with E-state index in [9.17, 15) is 21.6 Å². The fraction of sp³-hybridized carbons (Fsp3) is 0.409. The topological polar surface area (TPSA) is 110 Å². The van der Waals surface area contributed by atoms with Crippen LogP contribution in [-0.4, -0.2) is 48.4 Å². The van der Waals surface area contributed by atoms with Crippen LogP contribution in [0.2, 0.25) is 0 Å². The Kier molecular flexibility index (Phi) is 8.68. The van der Waals surface area contributed by atoms with Crippen LogP contribution >= 0.6 is 0 Å². The summed E-state index contributed by atoms with van der Waals surface area (Å²) in [6.07, 6.45) is 2.71. The molecule has 0 saturated heterocycles. The highest BCUT2D eigenvalue weighted by Gasteiger charge is 2.21. The van der Waals surface area contributed by atoms with Crippen molar-refractivity contribution in [1.29, 1.82) is 0 Å². The van der Waals surface area contributed by atoms with Crippen molar-refractivity contribution in [2.75, 3.05) is 30.0 Å². The van der Waals surface area contributed by atoms with Crippen molar-refractivity contribution in [3.63, 3.8) is 0 Å². The van der Waals surface area contributed by atoms with Gasteiger partial charge in [0, 0.05) is 19.2 Å². The molecule has 1 N–H and O–H groups in total. The average Bonchev–Trinajstić information content (AvgIpc) is 2.71. The van der Waals surface area contributed by atoms with Gasteiger partial charge in [-0.1, -0.05) is 24.3 Å². The van der Waals surface area contributed by atoms with Gasteiger partial charge in [0.15, 0.2) is 9.84 Å². The van der Waals surface area contributed by atoms with Gasteiger partial charge in [0.2, 0.25) is 15.9 Å². The third-order valence-electron chi connectivity index (χ3n) is 4.78. The lowest BCUT2D eigenvalue weighted by molar-refractivity contribution is -0.121. The summed E-state index contributed by atoms with van der Waals surface area (Å²) in [5.74, 6) is 0.243. The second-order valence-electron chi connectivity index (χ2n) is 7.47. The largest absolute Gasteiger partial charge is 0.492 e. The Labute approximate surface area is 190 Å². The van der Waals surface area contributed by atoms with Gasteiger partial charge in [0.05, 0.1) is 29.5 Å². The molecule has 1 atom stereocenters. The molecule has 0 fully saturated rings. The normalized spacial score (nSPS) is 12.8. The number of benzene rings is 2. The predicted molar refractivity (Wildman–Crippen MR) is 125 cm³/mol. The highest BCUT2D eigenvalue weighted by atomic mass is 32.2. The minimum absolute atomic E-state index is 0.133. The van der Waals surface area contributed by atoms with Gasteiger partial charge in [-0.3, -0.25) is 9.10 Å². The molecule has 2 aromatic carbocycles. The van der Waals surface area contributed by atoms with Crippen molar-refractivity contribution in [3.05, 3.63) is 54.1 Å². The first-order valence-corrected chi connectivity index (χ1v) is 14.0. The molecule has 32 heavy (non-hydrogen) atoms. The molecule has 0 bridgehead atoms. The number of nitrogens with zero attached hydrogens (tertiary/aromatic N) is 1. The Bertz CT molecular complexity index is 1130. The number of sulfonamides is 1. The van der Waals surface area contributed by atoms with Crippen LogP contribution in [0.25, 0.3) is 0 Å². The molecule has 176 valence electrons. The molecule has 1 amide bonds. The van der Waals surface area contributed by atoms with Crippen molar-refractivity contribution in [2.24, 2.45) is 0 Å². The molecule has 1 unspecified atom stereocenters. The number of sulfone groups is 1. The lowest BCUT2D eigenvalue weighted by Crippen LogP contribution is -2.33. The first-order chi connectivity index (χ1) is 14.9. The van der Waals surface area contributed by atoms with Gasteiger partial charge in [0.25, 0.3) is 0 Å². The van der Waals surface area contributed by atoms with E-state index in [0.29, 0.717) is 24.5 Å². The van der Waals surface area contributed by atoms with Gasteiger partial charge in [-0.2, -0.15) is 0 Å². The number of nitrogens with one attached hydrogen (secondary N) is 1. The molecule has 0 aliphatic rings. The molecule has 0 aliphatic carbocycles. The number of carbonyl (C=O) groups excluding carboxylic acids is 1. The third-order valence-corrected chi connectivity index (χ3v) is 7.09. The van der Waals surface area contributed by atoms with E-state index in [4.69, 9.17) is 4.74 Å². The van der Waals surface area contributed by atoms with Crippen LogP contribution in [0, 0.1) is 0 Å². The molecule has 0 aromatic heterocycles. The summed E-state index contributed by atoms with van der Waals surface area (Å²) in [6.45, 7) is 4.16. The zero-order chi connectivity index (χ0) is 23.9. The second kappa shape index (κ2) is 10.8. The average molecular weight is 483 g/mol. The fourth-order valence-electron chi connectivity index (χ4n) is 3.19. The minimum atomic E-state index is -3.57. The number of rotatable bonds is 11. The number of hydrogen-bond acceptors (Lipinski definition) is 6. The zero-order valence-electron chi connectivity index (χ0n) is 18.7. The maximum Gasteiger partial charge on any atom is 0.232 e. The predicted octanol–water partition coefficient (Wildman–Crippen LogP) is 2.91. The molecule has 0 spiro atoms. The highest BCUT2D eigenvalue weighted by Crippen LogP contribution is 2.30. The fourth-order valence-corrected chi connectivity index (χ4v) is 4.79. The summed E-state index contributed by atoms with van der Waals surface area (Å²) in [4.78, 5) is 12.6. The van der Waals surface area contributed by atoms with Crippen LogP contribution in [0.4, 0.5) is 5.69 Å². The van der Waals surface area contributed by atoms with Gasteiger partial charge < -0.3 is 10.1 Å². The van der Waals surface area contributed by atoms with Gasteiger partial charge >= 0.3 is 0 Å². The summed E-state index contributed by atoms with van der Waals surface area (Å²) in [5.41, 5.74) is 1.21. The first kappa shape index (κ1) is 25.7. The Morgan fingerprint density at radius 1 is 1.03 bits per heavy atom. The molecule has 0 aliphatic heterocycles. The minimum Gasteiger partial charge on any atom is -0.492 e. The lowest BCUT2D eigenvalue weighted by Gasteiger charge is -2.24. The van der Waals surface area contributed by atoms with E-state index in [2.05, 4.69) is 5.32 Å². The quantitative estimate of drug-likeness (QED) is 0.527. The van der Waals surface area contributed by atoms with E-state index in [0.717, 1.165) is 18.1 Å². The number of para-hydroxylation sites is 2. The van der Waals surface area contributed by atoms with E-state index in [1.807, 2.05) is 6.92 Å². The molecular weight excluding hydrogens is 452 g/mol. The Morgan fingerprint density at radius 2 is 1.66 bits per heavy atom. The molecule has 2 rings (SSSR count). The number of hydrogen-bond donors (Lipinski definition) is 1. The number of anilines is 1. The standard InChI is InChI=1S/C22H30N2O6S2/c1-5-30-21-10-7-6-9-20(21)24(32(4,28)29)16-8-11-22(25)23-17(2)18-12-14-19(15-13-18)31(3,26)27/h6-7,9-10,12-15,17H,5,8,11,16H2,1-4H3,(H,23,25). The third kappa shape index (κ3) is 7.23. The Hall–Kier alpha value is -2.59. The van der Waals surface area contributed by atoms with Gasteiger partial charge in [-0.05, 0) is 50.1 Å². The first-order valence-electron chi connectivity index (χ1n) is 10.2. The van der Waals surface area contributed by atoms with Gasteiger partial charge in [-0.15, -0.1) is 0 Å². The molecule has 8 nitrogen and oxygen atoms in total. The van der Waals surface area contributed by atoms with Gasteiger partial charge in [0.1, 0.15) is 5.75 Å². The van der Waals surface area contributed by atoms with E-state index in [1.54, 1.807) is 43.3 Å². The van der Waals surface area contributed by atoms with Gasteiger partial charge in [-0.25, -0.2) is 16.8 Å². The molecule has 0 radical (unpaired) electrons. The van der Waals surface area contributed by atoms with E-state index < -0.39 is 19.9 Å². The SMILES string of the molecule is CCOc1ccccc1N(CCCC(=O)NC(C)c1ccc(S(C)(=O)=O)cc1)S(C)(=O)=O. The lowest BCUT2D eigenvalue weighted by atomic mass is 10.1. The van der Waals surface area contributed by atoms with E-state index in [-0.39, 0.29) is 29.8 Å².